The summed E-state index contributed by atoms with van der Waals surface area (Å²) in [5.41, 5.74) is 2.03. The minimum Gasteiger partial charge on any atom is -0.493 e. The minimum absolute atomic E-state index is 0.107. The lowest BCUT2D eigenvalue weighted by atomic mass is 10.0. The Hall–Kier alpha value is -3.68. The van der Waals surface area contributed by atoms with Crippen molar-refractivity contribution in [1.82, 2.24) is 20.1 Å². The molecular weight excluding hydrogens is 442 g/mol. The number of para-hydroxylation sites is 1. The largest absolute Gasteiger partial charge is 0.493 e. The summed E-state index contributed by atoms with van der Waals surface area (Å²) in [7, 11) is 0. The van der Waals surface area contributed by atoms with Gasteiger partial charge in [0, 0.05) is 24.2 Å². The van der Waals surface area contributed by atoms with E-state index in [1.54, 1.807) is 18.2 Å². The van der Waals surface area contributed by atoms with E-state index in [0.29, 0.717) is 23.6 Å². The number of hydrogen-bond donors (Lipinski definition) is 2. The third-order valence-corrected chi connectivity index (χ3v) is 6.19. The number of hydrogen-bond acceptors (Lipinski definition) is 5. The molecule has 184 valence electrons. The molecule has 2 N–H and O–H groups in total. The lowest BCUT2D eigenvalue weighted by Crippen LogP contribution is -2.47. The van der Waals surface area contributed by atoms with Gasteiger partial charge in [0.15, 0.2) is 5.82 Å². The van der Waals surface area contributed by atoms with Crippen LogP contribution >= 0.6 is 0 Å². The highest BCUT2D eigenvalue weighted by molar-refractivity contribution is 6.02. The van der Waals surface area contributed by atoms with Crippen molar-refractivity contribution in [3.05, 3.63) is 59.9 Å². The standard InChI is InChI=1S/C27H33N5O3/c1-4-35-22-11-8-7-10-21(22)26(33)29-24(18(2)3)27(34)28-20-15-13-19(14-16-20)25-31-30-23-12-6-5-9-17-32(23)25/h7-8,10-11,13-16,18,24H,4-6,9,12,17H2,1-3H3,(H,28,34)(H,29,33). The van der Waals surface area contributed by atoms with Crippen LogP contribution in [0.5, 0.6) is 5.75 Å². The van der Waals surface area contributed by atoms with Gasteiger partial charge < -0.3 is 19.9 Å². The minimum atomic E-state index is -0.705. The highest BCUT2D eigenvalue weighted by atomic mass is 16.5. The molecule has 0 aliphatic carbocycles. The Morgan fingerprint density at radius 1 is 1.03 bits per heavy atom. The zero-order valence-electron chi connectivity index (χ0n) is 20.6. The molecule has 1 unspecified atom stereocenters. The third-order valence-electron chi connectivity index (χ3n) is 6.19. The first kappa shape index (κ1) is 24.4. The first-order valence-corrected chi connectivity index (χ1v) is 12.3. The van der Waals surface area contributed by atoms with Crippen LogP contribution in [-0.4, -0.2) is 39.2 Å². The smallest absolute Gasteiger partial charge is 0.255 e. The second-order valence-electron chi connectivity index (χ2n) is 9.09. The fourth-order valence-electron chi connectivity index (χ4n) is 4.31. The Morgan fingerprint density at radius 3 is 2.54 bits per heavy atom. The van der Waals surface area contributed by atoms with Crippen molar-refractivity contribution in [3.63, 3.8) is 0 Å². The molecule has 1 atom stereocenters. The van der Waals surface area contributed by atoms with E-state index in [-0.39, 0.29) is 17.7 Å². The van der Waals surface area contributed by atoms with Crippen molar-refractivity contribution in [3.8, 4) is 17.1 Å². The summed E-state index contributed by atoms with van der Waals surface area (Å²) in [6, 6.07) is 13.9. The molecule has 2 amide bonds. The van der Waals surface area contributed by atoms with Gasteiger partial charge in [0.05, 0.1) is 12.2 Å². The lowest BCUT2D eigenvalue weighted by Gasteiger charge is -2.22. The van der Waals surface area contributed by atoms with Crippen LogP contribution in [0.2, 0.25) is 0 Å². The van der Waals surface area contributed by atoms with Crippen LogP contribution in [-0.2, 0) is 17.8 Å². The number of ether oxygens (including phenoxy) is 1. The molecule has 0 fully saturated rings. The summed E-state index contributed by atoms with van der Waals surface area (Å²) in [5, 5.41) is 14.6. The Bertz CT molecular complexity index is 1170. The molecule has 3 aromatic rings. The van der Waals surface area contributed by atoms with Crippen molar-refractivity contribution in [2.75, 3.05) is 11.9 Å². The second kappa shape index (κ2) is 11.2. The van der Waals surface area contributed by atoms with Gasteiger partial charge in [-0.25, -0.2) is 0 Å². The molecule has 2 heterocycles. The summed E-state index contributed by atoms with van der Waals surface area (Å²) in [5.74, 6) is 1.68. The monoisotopic (exact) mass is 475 g/mol. The molecule has 0 saturated carbocycles. The highest BCUT2D eigenvalue weighted by Gasteiger charge is 2.26. The van der Waals surface area contributed by atoms with Crippen LogP contribution in [0.4, 0.5) is 5.69 Å². The first-order chi connectivity index (χ1) is 17.0. The van der Waals surface area contributed by atoms with E-state index >= 15 is 0 Å². The molecule has 8 nitrogen and oxygen atoms in total. The Labute approximate surface area is 206 Å². The number of aryl methyl sites for hydroxylation is 1. The van der Waals surface area contributed by atoms with E-state index in [0.717, 1.165) is 43.0 Å². The number of amides is 2. The van der Waals surface area contributed by atoms with Gasteiger partial charge in [-0.1, -0.05) is 32.4 Å². The van der Waals surface area contributed by atoms with Gasteiger partial charge in [0.25, 0.3) is 5.91 Å². The molecule has 35 heavy (non-hydrogen) atoms. The summed E-state index contributed by atoms with van der Waals surface area (Å²) in [6.07, 6.45) is 4.44. The first-order valence-electron chi connectivity index (χ1n) is 12.3. The number of nitrogens with one attached hydrogen (secondary N) is 2. The number of aromatic nitrogens is 3. The normalized spacial score (nSPS) is 14.1. The molecule has 4 rings (SSSR count). The van der Waals surface area contributed by atoms with Crippen LogP contribution < -0.4 is 15.4 Å². The molecule has 0 spiro atoms. The van der Waals surface area contributed by atoms with E-state index in [9.17, 15) is 9.59 Å². The van der Waals surface area contributed by atoms with Crippen molar-refractivity contribution >= 4 is 17.5 Å². The molecular formula is C27H33N5O3. The van der Waals surface area contributed by atoms with E-state index in [4.69, 9.17) is 4.74 Å². The summed E-state index contributed by atoms with van der Waals surface area (Å²) in [6.45, 7) is 7.05. The average Bonchev–Trinajstić information content (AvgIpc) is 3.11. The third kappa shape index (κ3) is 5.70. The van der Waals surface area contributed by atoms with Crippen LogP contribution in [0.3, 0.4) is 0 Å². The lowest BCUT2D eigenvalue weighted by molar-refractivity contribution is -0.118. The fourth-order valence-corrected chi connectivity index (χ4v) is 4.31. The molecule has 0 bridgehead atoms. The number of nitrogens with zero attached hydrogens (tertiary/aromatic N) is 3. The van der Waals surface area contributed by atoms with Crippen LogP contribution in [0.15, 0.2) is 48.5 Å². The maximum Gasteiger partial charge on any atom is 0.255 e. The molecule has 1 aromatic heterocycles. The Kier molecular flexibility index (Phi) is 7.80. The Morgan fingerprint density at radius 2 is 1.80 bits per heavy atom. The number of carbonyl (C=O) groups excluding carboxylic acids is 2. The van der Waals surface area contributed by atoms with Crippen molar-refractivity contribution in [2.24, 2.45) is 5.92 Å². The van der Waals surface area contributed by atoms with E-state index in [2.05, 4.69) is 25.4 Å². The molecule has 8 heteroatoms. The van der Waals surface area contributed by atoms with Gasteiger partial charge in [-0.15, -0.1) is 10.2 Å². The van der Waals surface area contributed by atoms with E-state index < -0.39 is 6.04 Å². The highest BCUT2D eigenvalue weighted by Crippen LogP contribution is 2.24. The fraction of sp³-hybridized carbons (Fsp3) is 0.407. The van der Waals surface area contributed by atoms with Gasteiger partial charge >= 0.3 is 0 Å². The quantitative estimate of drug-likeness (QED) is 0.501. The number of benzene rings is 2. The number of fused-ring (bicyclic) bond motifs is 1. The van der Waals surface area contributed by atoms with Crippen molar-refractivity contribution in [2.45, 2.75) is 59.0 Å². The second-order valence-corrected chi connectivity index (χ2v) is 9.09. The number of carbonyl (C=O) groups is 2. The maximum absolute atomic E-state index is 13.1. The van der Waals surface area contributed by atoms with Crippen molar-refractivity contribution < 1.29 is 14.3 Å². The van der Waals surface area contributed by atoms with E-state index in [1.165, 1.54) is 6.42 Å². The van der Waals surface area contributed by atoms with Crippen LogP contribution in [0.1, 0.15) is 56.2 Å². The maximum atomic E-state index is 13.1. The predicted molar refractivity (Wildman–Crippen MR) is 135 cm³/mol. The molecule has 2 aromatic carbocycles. The van der Waals surface area contributed by atoms with Crippen molar-refractivity contribution in [1.29, 1.82) is 0 Å². The molecule has 0 saturated heterocycles. The summed E-state index contributed by atoms with van der Waals surface area (Å²) >= 11 is 0. The average molecular weight is 476 g/mol. The van der Waals surface area contributed by atoms with Gasteiger partial charge in [-0.2, -0.15) is 0 Å². The van der Waals surface area contributed by atoms with Gasteiger partial charge in [0.2, 0.25) is 5.91 Å². The zero-order valence-corrected chi connectivity index (χ0v) is 20.6. The number of rotatable bonds is 8. The van der Waals surface area contributed by atoms with Crippen LogP contribution in [0, 0.1) is 5.92 Å². The zero-order chi connectivity index (χ0) is 24.8. The summed E-state index contributed by atoms with van der Waals surface area (Å²) < 4.78 is 7.77. The van der Waals surface area contributed by atoms with E-state index in [1.807, 2.05) is 51.1 Å². The van der Waals surface area contributed by atoms with Gasteiger partial charge in [0.1, 0.15) is 17.6 Å². The Balaban J connectivity index is 1.45. The number of anilines is 1. The van der Waals surface area contributed by atoms with Gasteiger partial charge in [-0.3, -0.25) is 9.59 Å². The topological polar surface area (TPSA) is 98.1 Å². The summed E-state index contributed by atoms with van der Waals surface area (Å²) in [4.78, 5) is 26.0. The molecule has 1 aliphatic rings. The van der Waals surface area contributed by atoms with Crippen LogP contribution in [0.25, 0.3) is 11.4 Å². The molecule has 1 aliphatic heterocycles. The molecule has 0 radical (unpaired) electrons. The predicted octanol–water partition coefficient (Wildman–Crippen LogP) is 4.46. The SMILES string of the molecule is CCOc1ccccc1C(=O)NC(C(=O)Nc1ccc(-c2nnc3n2CCCCC3)cc1)C(C)C. The van der Waals surface area contributed by atoms with Gasteiger partial charge in [-0.05, 0) is 62.1 Å².